The maximum Gasteiger partial charge on any atom is 0.0135 e. The molecule has 12 heavy (non-hydrogen) atoms. The van der Waals surface area contributed by atoms with E-state index in [4.69, 9.17) is 0 Å². The van der Waals surface area contributed by atoms with Crippen molar-refractivity contribution in [1.82, 2.24) is 0 Å². The zero-order valence-corrected chi connectivity index (χ0v) is 10.7. The minimum absolute atomic E-state index is 0.896. The Morgan fingerprint density at radius 2 is 2.00 bits per heavy atom. The zero-order valence-electron chi connectivity index (χ0n) is 8.52. The Hall–Kier alpha value is 0.730. The number of alkyl halides is 1. The Labute approximate surface area is 90.6 Å². The lowest BCUT2D eigenvalue weighted by Gasteiger charge is -2.31. The second kappa shape index (κ2) is 4.83. The van der Waals surface area contributed by atoms with E-state index < -0.39 is 0 Å². The molecule has 0 aliphatic heterocycles. The molecular formula is C11H21I. The highest BCUT2D eigenvalue weighted by atomic mass is 127. The van der Waals surface area contributed by atoms with Crippen molar-refractivity contribution in [3.63, 3.8) is 0 Å². The number of rotatable bonds is 2. The van der Waals surface area contributed by atoms with E-state index in [1.807, 2.05) is 0 Å². The molecule has 1 aliphatic carbocycles. The smallest absolute Gasteiger partial charge is 0.0135 e. The monoisotopic (exact) mass is 280 g/mol. The van der Waals surface area contributed by atoms with Crippen molar-refractivity contribution in [3.05, 3.63) is 0 Å². The quantitative estimate of drug-likeness (QED) is 0.523. The molecule has 1 heteroatoms. The molecule has 0 aromatic carbocycles. The second-order valence-electron chi connectivity index (χ2n) is 4.80. The van der Waals surface area contributed by atoms with Gasteiger partial charge in [-0.25, -0.2) is 0 Å². The van der Waals surface area contributed by atoms with Gasteiger partial charge in [0.05, 0.1) is 0 Å². The van der Waals surface area contributed by atoms with Gasteiger partial charge >= 0.3 is 0 Å². The minimum atomic E-state index is 0.896. The molecule has 0 heterocycles. The third kappa shape index (κ3) is 3.23. The van der Waals surface area contributed by atoms with Gasteiger partial charge in [-0.3, -0.25) is 0 Å². The highest BCUT2D eigenvalue weighted by molar-refractivity contribution is 14.1. The van der Waals surface area contributed by atoms with Crippen molar-refractivity contribution in [2.24, 2.45) is 17.8 Å². The van der Waals surface area contributed by atoms with Gasteiger partial charge in [0.2, 0.25) is 0 Å². The Balaban J connectivity index is 2.30. The lowest BCUT2D eigenvalue weighted by atomic mass is 9.79. The van der Waals surface area contributed by atoms with Crippen LogP contribution in [0.15, 0.2) is 0 Å². The number of hydrogen-bond donors (Lipinski definition) is 0. The van der Waals surface area contributed by atoms with Gasteiger partial charge in [-0.2, -0.15) is 0 Å². The number of hydrogen-bond acceptors (Lipinski definition) is 0. The van der Waals surface area contributed by atoms with Crippen molar-refractivity contribution in [1.29, 1.82) is 0 Å². The predicted octanol–water partition coefficient (Wildman–Crippen LogP) is 4.27. The van der Waals surface area contributed by atoms with E-state index in [1.165, 1.54) is 25.7 Å². The van der Waals surface area contributed by atoms with Gasteiger partial charge in [0.25, 0.3) is 0 Å². The normalized spacial score (nSPS) is 37.2. The first kappa shape index (κ1) is 10.8. The Kier molecular flexibility index (Phi) is 4.35. The molecule has 1 rings (SSSR count). The summed E-state index contributed by atoms with van der Waals surface area (Å²) < 4.78 is 0.950. The summed E-state index contributed by atoms with van der Waals surface area (Å²) in [6, 6.07) is 0. The van der Waals surface area contributed by atoms with Crippen LogP contribution in [0, 0.1) is 17.8 Å². The topological polar surface area (TPSA) is 0 Å². The molecule has 72 valence electrons. The van der Waals surface area contributed by atoms with Gasteiger partial charge in [-0.1, -0.05) is 43.4 Å². The average molecular weight is 280 g/mol. The highest BCUT2D eigenvalue weighted by Gasteiger charge is 2.25. The van der Waals surface area contributed by atoms with Crippen LogP contribution >= 0.6 is 22.6 Å². The van der Waals surface area contributed by atoms with Crippen molar-refractivity contribution in [2.45, 2.75) is 50.4 Å². The van der Waals surface area contributed by atoms with Crippen molar-refractivity contribution < 1.29 is 0 Å². The molecule has 1 fully saturated rings. The van der Waals surface area contributed by atoms with Gasteiger partial charge < -0.3 is 0 Å². The van der Waals surface area contributed by atoms with Crippen LogP contribution in [0.1, 0.15) is 46.5 Å². The first-order valence-corrected chi connectivity index (χ1v) is 6.48. The van der Waals surface area contributed by atoms with Crippen molar-refractivity contribution in [2.75, 3.05) is 0 Å². The van der Waals surface area contributed by atoms with E-state index in [0.29, 0.717) is 0 Å². The van der Waals surface area contributed by atoms with Gasteiger partial charge in [-0.05, 0) is 43.4 Å². The molecule has 0 saturated heterocycles. The molecule has 0 nitrogen and oxygen atoms in total. The Morgan fingerprint density at radius 3 is 2.50 bits per heavy atom. The molecule has 0 aromatic heterocycles. The molecule has 0 aromatic rings. The standard InChI is InChI=1S/C11H21I/c1-8(2)6-10-4-5-11(12)9(3)7-10/h8-11H,4-7H2,1-3H3. The molecule has 1 aliphatic rings. The molecule has 0 N–H and O–H groups in total. The van der Waals surface area contributed by atoms with E-state index >= 15 is 0 Å². The minimum Gasteiger partial charge on any atom is -0.0823 e. The van der Waals surface area contributed by atoms with Crippen LogP contribution in [0.3, 0.4) is 0 Å². The molecule has 0 amide bonds. The molecule has 0 spiro atoms. The van der Waals surface area contributed by atoms with Gasteiger partial charge in [0.15, 0.2) is 0 Å². The van der Waals surface area contributed by atoms with Gasteiger partial charge in [-0.15, -0.1) is 0 Å². The summed E-state index contributed by atoms with van der Waals surface area (Å²) in [4.78, 5) is 0. The van der Waals surface area contributed by atoms with Crippen LogP contribution in [-0.4, -0.2) is 3.92 Å². The molecule has 3 unspecified atom stereocenters. The largest absolute Gasteiger partial charge is 0.0823 e. The maximum atomic E-state index is 2.63. The molecule has 3 atom stereocenters. The first-order valence-electron chi connectivity index (χ1n) is 5.23. The van der Waals surface area contributed by atoms with Crippen LogP contribution in [-0.2, 0) is 0 Å². The highest BCUT2D eigenvalue weighted by Crippen LogP contribution is 2.36. The summed E-state index contributed by atoms with van der Waals surface area (Å²) in [5.74, 6) is 2.89. The van der Waals surface area contributed by atoms with Crippen LogP contribution in [0.5, 0.6) is 0 Å². The predicted molar refractivity (Wildman–Crippen MR) is 63.8 cm³/mol. The molecule has 0 bridgehead atoms. The zero-order chi connectivity index (χ0) is 9.14. The summed E-state index contributed by atoms with van der Waals surface area (Å²) in [5.41, 5.74) is 0. The van der Waals surface area contributed by atoms with Gasteiger partial charge in [0.1, 0.15) is 0 Å². The fraction of sp³-hybridized carbons (Fsp3) is 1.00. The lowest BCUT2D eigenvalue weighted by Crippen LogP contribution is -2.23. The van der Waals surface area contributed by atoms with Crippen LogP contribution in [0.25, 0.3) is 0 Å². The van der Waals surface area contributed by atoms with E-state index in [-0.39, 0.29) is 0 Å². The van der Waals surface area contributed by atoms with Crippen molar-refractivity contribution >= 4 is 22.6 Å². The lowest BCUT2D eigenvalue weighted by molar-refractivity contribution is 0.261. The Bertz CT molecular complexity index is 131. The summed E-state index contributed by atoms with van der Waals surface area (Å²) in [5, 5.41) is 0. The fourth-order valence-corrected chi connectivity index (χ4v) is 3.00. The van der Waals surface area contributed by atoms with E-state index in [1.54, 1.807) is 0 Å². The van der Waals surface area contributed by atoms with Crippen LogP contribution < -0.4 is 0 Å². The summed E-state index contributed by atoms with van der Waals surface area (Å²) >= 11 is 2.63. The number of halogens is 1. The maximum absolute atomic E-state index is 2.63. The molecule has 0 radical (unpaired) electrons. The van der Waals surface area contributed by atoms with Crippen molar-refractivity contribution in [3.8, 4) is 0 Å². The molecule has 1 saturated carbocycles. The third-order valence-corrected chi connectivity index (χ3v) is 4.83. The van der Waals surface area contributed by atoms with E-state index in [9.17, 15) is 0 Å². The third-order valence-electron chi connectivity index (χ3n) is 2.98. The molecular weight excluding hydrogens is 259 g/mol. The van der Waals surface area contributed by atoms with E-state index in [0.717, 1.165) is 21.7 Å². The van der Waals surface area contributed by atoms with E-state index in [2.05, 4.69) is 43.4 Å². The summed E-state index contributed by atoms with van der Waals surface area (Å²) in [7, 11) is 0. The summed E-state index contributed by atoms with van der Waals surface area (Å²) in [6.45, 7) is 7.12. The van der Waals surface area contributed by atoms with Crippen LogP contribution in [0.2, 0.25) is 0 Å². The average Bonchev–Trinajstić information content (AvgIpc) is 1.96. The first-order chi connectivity index (χ1) is 5.59. The second-order valence-corrected chi connectivity index (χ2v) is 6.40. The Morgan fingerprint density at radius 1 is 1.33 bits per heavy atom. The van der Waals surface area contributed by atoms with Gasteiger partial charge in [0, 0.05) is 3.92 Å². The summed E-state index contributed by atoms with van der Waals surface area (Å²) in [6.07, 6.45) is 5.87. The SMILES string of the molecule is CC(C)CC1CCC(I)C(C)C1. The fourth-order valence-electron chi connectivity index (χ4n) is 2.35. The van der Waals surface area contributed by atoms with Crippen LogP contribution in [0.4, 0.5) is 0 Å².